The van der Waals surface area contributed by atoms with Crippen LogP contribution in [0.2, 0.25) is 15.1 Å². The summed E-state index contributed by atoms with van der Waals surface area (Å²) in [4.78, 5) is 21.9. The number of nitrogens with one attached hydrogen (secondary N) is 1. The van der Waals surface area contributed by atoms with Crippen LogP contribution in [0.25, 0.3) is 11.5 Å². The largest absolute Gasteiger partial charge is 0.507 e. The summed E-state index contributed by atoms with van der Waals surface area (Å²) in [7, 11) is 5.77. The van der Waals surface area contributed by atoms with Gasteiger partial charge in [-0.15, -0.1) is 10.2 Å². The predicted octanol–water partition coefficient (Wildman–Crippen LogP) is 5.51. The number of halogens is 3. The van der Waals surface area contributed by atoms with Crippen LogP contribution < -0.4 is 23.0 Å². The van der Waals surface area contributed by atoms with E-state index in [1.165, 1.54) is 77.3 Å². The number of methoxy groups -OCH3 is 4. The molecule has 4 rings (SSSR count). The molecule has 1 heterocycles. The molecule has 276 valence electrons. The standard InChI is InChI=1S/C8H5ClN2O2.C8H7ClO3.C7H7ClN2O2.C4H10O3.3CH4.H4N2/c9-5-1-2-7(12)6(3-5)8-11-10-4-13-8;1-12-8(11)6-4-5(9)2-3-7(6)10;8-4-1-2-6(11)5(3-4)7(12)10-9;1-5-4(6-2)7-3;;;;1-2/h1-4,12H;2-4,10H,1H3;1-3,11H,9H2,(H,10,12);4H,1-3H3;3*1H4;1-2H2. The van der Waals surface area contributed by atoms with Crippen LogP contribution in [0.5, 0.6) is 17.2 Å². The van der Waals surface area contributed by atoms with E-state index in [1.807, 2.05) is 5.43 Å². The van der Waals surface area contributed by atoms with Crippen LogP contribution in [0.3, 0.4) is 0 Å². The van der Waals surface area contributed by atoms with Gasteiger partial charge in [-0.25, -0.2) is 10.6 Å². The van der Waals surface area contributed by atoms with E-state index in [0.717, 1.165) is 0 Å². The number of rotatable bonds is 6. The van der Waals surface area contributed by atoms with Crippen LogP contribution in [-0.2, 0) is 18.9 Å². The Labute approximate surface area is 300 Å². The minimum atomic E-state index is -0.602. The molecule has 10 N–H and O–H groups in total. The minimum Gasteiger partial charge on any atom is -0.507 e. The molecule has 0 unspecified atom stereocenters. The number of aromatic nitrogens is 2. The molecule has 0 aliphatic carbocycles. The van der Waals surface area contributed by atoms with Crippen LogP contribution in [0, 0.1) is 0 Å². The molecule has 1 aromatic heterocycles. The van der Waals surface area contributed by atoms with E-state index >= 15 is 0 Å². The highest BCUT2D eigenvalue weighted by Crippen LogP contribution is 2.29. The highest BCUT2D eigenvalue weighted by Gasteiger charge is 2.12. The van der Waals surface area contributed by atoms with Gasteiger partial charge in [0.1, 0.15) is 22.8 Å². The number of hydrogen-bond donors (Lipinski definition) is 7. The Morgan fingerprint density at radius 3 is 1.57 bits per heavy atom. The monoisotopic (exact) mass is 754 g/mol. The van der Waals surface area contributed by atoms with Gasteiger partial charge in [-0.3, -0.25) is 21.9 Å². The number of ether oxygens (including phenoxy) is 4. The summed E-state index contributed by atoms with van der Waals surface area (Å²) in [6.07, 6.45) is 1.19. The highest BCUT2D eigenvalue weighted by molar-refractivity contribution is 6.31. The molecule has 0 radical (unpaired) electrons. The zero-order chi connectivity index (χ0) is 35.2. The lowest BCUT2D eigenvalue weighted by atomic mass is 10.2. The number of benzene rings is 3. The van der Waals surface area contributed by atoms with Gasteiger partial charge >= 0.3 is 5.97 Å². The van der Waals surface area contributed by atoms with Crippen LogP contribution in [0.15, 0.2) is 65.4 Å². The molecule has 0 fully saturated rings. The summed E-state index contributed by atoms with van der Waals surface area (Å²) in [6, 6.07) is 12.9. The molecule has 0 aliphatic heterocycles. The average molecular weight is 756 g/mol. The molecule has 49 heavy (non-hydrogen) atoms. The van der Waals surface area contributed by atoms with Crippen molar-refractivity contribution in [1.82, 2.24) is 15.6 Å². The number of aromatic hydroxyl groups is 3. The molecule has 0 saturated carbocycles. The summed E-state index contributed by atoms with van der Waals surface area (Å²) in [5.74, 6) is 11.7. The second kappa shape index (κ2) is 28.8. The topological polar surface area (TPSA) is 261 Å². The van der Waals surface area contributed by atoms with Gasteiger partial charge in [0.05, 0.1) is 18.2 Å². The Bertz CT molecular complexity index is 1410. The number of nitrogens with zero attached hydrogens (tertiary/aromatic N) is 2. The first kappa shape index (κ1) is 51.6. The maximum absolute atomic E-state index is 10.9. The molecule has 3 aromatic carbocycles. The van der Waals surface area contributed by atoms with Crippen molar-refractivity contribution in [1.29, 1.82) is 0 Å². The van der Waals surface area contributed by atoms with Crippen molar-refractivity contribution >= 4 is 46.7 Å². The Kier molecular flexibility index (Phi) is 30.3. The van der Waals surface area contributed by atoms with Gasteiger partial charge in [-0.2, -0.15) is 0 Å². The van der Waals surface area contributed by atoms with E-state index < -0.39 is 18.4 Å². The normalized spacial score (nSPS) is 8.96. The lowest BCUT2D eigenvalue weighted by Gasteiger charge is -2.08. The van der Waals surface area contributed by atoms with Crippen molar-refractivity contribution in [2.75, 3.05) is 28.4 Å². The molecule has 0 saturated heterocycles. The second-order valence-corrected chi connectivity index (χ2v) is 9.00. The predicted molar refractivity (Wildman–Crippen MR) is 189 cm³/mol. The zero-order valence-corrected chi connectivity index (χ0v) is 27.1. The lowest BCUT2D eigenvalue weighted by Crippen LogP contribution is -2.29. The molecule has 0 bridgehead atoms. The fraction of sp³-hybridized carbons (Fsp3) is 0.267. The lowest BCUT2D eigenvalue weighted by molar-refractivity contribution is -0.252. The van der Waals surface area contributed by atoms with Gasteiger partial charge in [0, 0.05) is 36.4 Å². The summed E-state index contributed by atoms with van der Waals surface area (Å²) >= 11 is 16.9. The van der Waals surface area contributed by atoms with E-state index in [2.05, 4.69) is 40.8 Å². The number of esters is 1. The Morgan fingerprint density at radius 2 is 1.18 bits per heavy atom. The number of phenolic OH excluding ortho intramolecular Hbond substituents is 3. The Balaban J connectivity index is -0.000000270. The summed E-state index contributed by atoms with van der Waals surface area (Å²) in [5.41, 5.74) is 2.46. The SMILES string of the molecule is C.C.C.COC(=O)c1cc(Cl)ccc1O.COC(OC)OC.NN.NNC(=O)c1cc(Cl)ccc1O.Oc1ccc(Cl)cc1-c1nnco1. The van der Waals surface area contributed by atoms with Crippen LogP contribution in [0.4, 0.5) is 0 Å². The van der Waals surface area contributed by atoms with Gasteiger partial charge in [0.15, 0.2) is 0 Å². The zero-order valence-electron chi connectivity index (χ0n) is 24.8. The fourth-order valence-corrected chi connectivity index (χ4v) is 3.32. The number of nitrogen functional groups attached to an aromatic ring is 1. The molecular formula is C30H45Cl3N6O10. The summed E-state index contributed by atoms with van der Waals surface area (Å²) in [5, 5.41) is 36.2. The molecule has 19 heteroatoms. The third kappa shape index (κ3) is 18.8. The van der Waals surface area contributed by atoms with Gasteiger partial charge in [0.25, 0.3) is 18.3 Å². The number of phenols is 3. The van der Waals surface area contributed by atoms with Crippen molar-refractivity contribution in [3.05, 3.63) is 87.2 Å². The third-order valence-corrected chi connectivity index (χ3v) is 5.53. The molecule has 0 spiro atoms. The third-order valence-electron chi connectivity index (χ3n) is 4.82. The minimum absolute atomic E-state index is 0. The number of hydrogen-bond acceptors (Lipinski definition) is 15. The number of carbonyl (C=O) groups excluding carboxylic acids is 2. The van der Waals surface area contributed by atoms with E-state index in [4.69, 9.17) is 50.2 Å². The second-order valence-electron chi connectivity index (χ2n) is 7.69. The maximum atomic E-state index is 10.9. The molecule has 4 aromatic rings. The number of amides is 1. The average Bonchev–Trinajstić information content (AvgIpc) is 3.61. The van der Waals surface area contributed by atoms with Crippen molar-refractivity contribution in [2.45, 2.75) is 28.8 Å². The van der Waals surface area contributed by atoms with Gasteiger partial charge in [-0.1, -0.05) is 57.1 Å². The van der Waals surface area contributed by atoms with Gasteiger partial charge < -0.3 is 38.7 Å². The molecular weight excluding hydrogens is 711 g/mol. The van der Waals surface area contributed by atoms with Crippen LogP contribution >= 0.6 is 34.8 Å². The smallest absolute Gasteiger partial charge is 0.341 e. The van der Waals surface area contributed by atoms with Gasteiger partial charge in [0.2, 0.25) is 6.39 Å². The quantitative estimate of drug-likeness (QED) is 0.0420. The number of hydrazine groups is 2. The molecule has 1 amide bonds. The van der Waals surface area contributed by atoms with Crippen LogP contribution in [0.1, 0.15) is 43.0 Å². The van der Waals surface area contributed by atoms with E-state index in [1.54, 1.807) is 12.1 Å². The van der Waals surface area contributed by atoms with E-state index in [-0.39, 0.29) is 56.5 Å². The molecule has 0 atom stereocenters. The molecule has 16 nitrogen and oxygen atoms in total. The summed E-state index contributed by atoms with van der Waals surface area (Å²) in [6.45, 7) is -0.514. The van der Waals surface area contributed by atoms with E-state index in [9.17, 15) is 19.8 Å². The fourth-order valence-electron chi connectivity index (χ4n) is 2.81. The Hall–Kier alpha value is -4.23. The van der Waals surface area contributed by atoms with Crippen molar-refractivity contribution in [3.63, 3.8) is 0 Å². The van der Waals surface area contributed by atoms with Crippen molar-refractivity contribution in [2.24, 2.45) is 17.5 Å². The van der Waals surface area contributed by atoms with Crippen LogP contribution in [-0.4, -0.2) is 72.3 Å². The summed E-state index contributed by atoms with van der Waals surface area (Å²) < 4.78 is 23.1. The van der Waals surface area contributed by atoms with Crippen molar-refractivity contribution in [3.8, 4) is 28.7 Å². The first-order valence-corrected chi connectivity index (χ1v) is 13.3. The maximum Gasteiger partial charge on any atom is 0.341 e. The first-order chi connectivity index (χ1) is 21.9. The van der Waals surface area contributed by atoms with E-state index in [0.29, 0.717) is 20.6 Å². The molecule has 0 aliphatic rings. The Morgan fingerprint density at radius 1 is 0.755 bits per heavy atom. The van der Waals surface area contributed by atoms with Crippen molar-refractivity contribution < 1.29 is 48.3 Å². The van der Waals surface area contributed by atoms with Gasteiger partial charge in [-0.05, 0) is 54.6 Å². The number of nitrogens with two attached hydrogens (primary N) is 3. The highest BCUT2D eigenvalue weighted by atomic mass is 35.5. The number of carbonyl (C=O) groups is 2. The first-order valence-electron chi connectivity index (χ1n) is 12.1.